The molecule has 0 aliphatic heterocycles. The van der Waals surface area contributed by atoms with Gasteiger partial charge in [0.2, 0.25) is 0 Å². The summed E-state index contributed by atoms with van der Waals surface area (Å²) in [5.41, 5.74) is 5.51. The maximum atomic E-state index is 12.2. The average Bonchev–Trinajstić information content (AvgIpc) is 2.66. The lowest BCUT2D eigenvalue weighted by molar-refractivity contribution is 0.0964. The monoisotopic (exact) mass is 410 g/mol. The first-order valence-electron chi connectivity index (χ1n) is 9.35. The molecule has 0 spiro atoms. The van der Waals surface area contributed by atoms with Crippen LogP contribution >= 0.6 is 11.6 Å². The first kappa shape index (κ1) is 22.5. The maximum Gasteiger partial charge on any atom is 0.259 e. The zero-order valence-corrected chi connectivity index (χ0v) is 17.8. The number of aromatic hydroxyl groups is 1. The van der Waals surface area contributed by atoms with Gasteiger partial charge in [-0.05, 0) is 56.2 Å². The third-order valence-electron chi connectivity index (χ3n) is 4.38. The molecule has 0 radical (unpaired) electrons. The summed E-state index contributed by atoms with van der Waals surface area (Å²) < 4.78 is 0. The second-order valence-corrected chi connectivity index (χ2v) is 7.48. The highest BCUT2D eigenvalue weighted by molar-refractivity contribution is 6.31. The molecule has 5 heteroatoms. The van der Waals surface area contributed by atoms with Crippen molar-refractivity contribution in [3.05, 3.63) is 99.8 Å². The number of phenols is 1. The molecule has 0 heterocycles. The first-order chi connectivity index (χ1) is 13.8. The van der Waals surface area contributed by atoms with Crippen LogP contribution in [0.15, 0.2) is 72.5 Å². The minimum absolute atomic E-state index is 0.106. The number of hydrogen-bond acceptors (Lipinski definition) is 3. The molecular weight excluding hydrogens is 384 g/mol. The normalized spacial score (nSPS) is 11.7. The van der Waals surface area contributed by atoms with Crippen molar-refractivity contribution in [3.8, 4) is 5.75 Å². The van der Waals surface area contributed by atoms with Crippen molar-refractivity contribution in [1.29, 1.82) is 0 Å². The fraction of sp³-hybridized carbons (Fsp3) is 0.208. The Hall–Kier alpha value is -2.82. The molecule has 0 unspecified atom stereocenters. The summed E-state index contributed by atoms with van der Waals surface area (Å²) in [4.78, 5) is 12.2. The van der Waals surface area contributed by atoms with Gasteiger partial charge in [0.05, 0.1) is 5.56 Å². The Morgan fingerprint density at radius 3 is 2.72 bits per heavy atom. The van der Waals surface area contributed by atoms with Gasteiger partial charge in [0.25, 0.3) is 5.91 Å². The van der Waals surface area contributed by atoms with E-state index in [0.29, 0.717) is 10.7 Å². The fourth-order valence-electron chi connectivity index (χ4n) is 2.72. The van der Waals surface area contributed by atoms with Gasteiger partial charge in [0, 0.05) is 23.8 Å². The number of benzene rings is 2. The van der Waals surface area contributed by atoms with Gasteiger partial charge in [-0.15, -0.1) is 0 Å². The molecule has 3 N–H and O–H groups in total. The molecule has 0 aliphatic rings. The van der Waals surface area contributed by atoms with E-state index in [0.717, 1.165) is 18.7 Å². The fourth-order valence-corrected chi connectivity index (χ4v) is 2.89. The SMILES string of the molecule is C=C(/C=C\C=C(/C)CNCc1cc(C)ccc1C)NC(=O)c1cc(Cl)ccc1O. The molecular formula is C24H27ClN2O2. The Labute approximate surface area is 177 Å². The van der Waals surface area contributed by atoms with Crippen LogP contribution in [0, 0.1) is 13.8 Å². The number of phenolic OH excluding ortho intramolecular Hbond substituents is 1. The molecule has 29 heavy (non-hydrogen) atoms. The zero-order chi connectivity index (χ0) is 21.4. The third kappa shape index (κ3) is 7.26. The van der Waals surface area contributed by atoms with Gasteiger partial charge < -0.3 is 15.7 Å². The standard InChI is InChI=1S/C24H27ClN2O2/c1-16-8-9-18(3)20(12-16)15-26-14-17(2)6-5-7-19(4)27-24(29)22-13-21(25)10-11-23(22)28/h5-13,26,28H,4,14-15H2,1-3H3,(H,27,29)/b7-5-,17-6+. The number of carbonyl (C=O) groups is 1. The molecule has 1 amide bonds. The molecule has 0 aliphatic carbocycles. The van der Waals surface area contributed by atoms with Gasteiger partial charge in [-0.3, -0.25) is 4.79 Å². The molecule has 0 aromatic heterocycles. The minimum Gasteiger partial charge on any atom is -0.507 e. The smallest absolute Gasteiger partial charge is 0.259 e. The van der Waals surface area contributed by atoms with E-state index >= 15 is 0 Å². The van der Waals surface area contributed by atoms with E-state index in [-0.39, 0.29) is 11.3 Å². The summed E-state index contributed by atoms with van der Waals surface area (Å²) in [5, 5.41) is 16.2. The van der Waals surface area contributed by atoms with E-state index in [1.54, 1.807) is 6.08 Å². The van der Waals surface area contributed by atoms with Crippen molar-refractivity contribution in [3.63, 3.8) is 0 Å². The second-order valence-electron chi connectivity index (χ2n) is 7.05. The number of nitrogens with one attached hydrogen (secondary N) is 2. The average molecular weight is 411 g/mol. The van der Waals surface area contributed by atoms with Gasteiger partial charge >= 0.3 is 0 Å². The summed E-state index contributed by atoms with van der Waals surface area (Å²) in [6, 6.07) is 10.8. The van der Waals surface area contributed by atoms with Crippen molar-refractivity contribution in [1.82, 2.24) is 10.6 Å². The minimum atomic E-state index is -0.462. The molecule has 0 bridgehead atoms. The lowest BCUT2D eigenvalue weighted by atomic mass is 10.1. The molecule has 2 aromatic carbocycles. The summed E-state index contributed by atoms with van der Waals surface area (Å²) >= 11 is 5.87. The number of halogens is 1. The molecule has 0 fully saturated rings. The van der Waals surface area contributed by atoms with Crippen molar-refractivity contribution >= 4 is 17.5 Å². The van der Waals surface area contributed by atoms with Crippen molar-refractivity contribution < 1.29 is 9.90 Å². The van der Waals surface area contributed by atoms with Crippen LogP contribution in [0.1, 0.15) is 34.0 Å². The Morgan fingerprint density at radius 2 is 1.97 bits per heavy atom. The lowest BCUT2D eigenvalue weighted by Gasteiger charge is -2.09. The van der Waals surface area contributed by atoms with Crippen LogP contribution in [-0.2, 0) is 6.54 Å². The van der Waals surface area contributed by atoms with E-state index in [2.05, 4.69) is 49.3 Å². The number of hydrogen-bond donors (Lipinski definition) is 3. The van der Waals surface area contributed by atoms with Crippen LogP contribution in [0.4, 0.5) is 0 Å². The van der Waals surface area contributed by atoms with Crippen LogP contribution < -0.4 is 10.6 Å². The number of allylic oxidation sites excluding steroid dienone is 3. The van der Waals surface area contributed by atoms with Gasteiger partial charge in [-0.25, -0.2) is 0 Å². The van der Waals surface area contributed by atoms with Gasteiger partial charge in [0.15, 0.2) is 0 Å². The third-order valence-corrected chi connectivity index (χ3v) is 4.61. The predicted molar refractivity (Wildman–Crippen MR) is 120 cm³/mol. The van der Waals surface area contributed by atoms with Crippen LogP contribution in [0.25, 0.3) is 0 Å². The Kier molecular flexibility index (Phi) is 8.25. The molecule has 152 valence electrons. The zero-order valence-electron chi connectivity index (χ0n) is 17.1. The molecule has 0 atom stereocenters. The molecule has 2 rings (SSSR count). The summed E-state index contributed by atoms with van der Waals surface area (Å²) in [6.07, 6.45) is 5.49. The number of carbonyl (C=O) groups excluding carboxylic acids is 1. The summed E-state index contributed by atoms with van der Waals surface area (Å²) in [7, 11) is 0. The maximum absolute atomic E-state index is 12.2. The van der Waals surface area contributed by atoms with E-state index in [1.165, 1.54) is 34.9 Å². The van der Waals surface area contributed by atoms with E-state index < -0.39 is 5.91 Å². The summed E-state index contributed by atoms with van der Waals surface area (Å²) in [5.74, 6) is -0.593. The quantitative estimate of drug-likeness (QED) is 0.524. The van der Waals surface area contributed by atoms with E-state index in [1.807, 2.05) is 19.1 Å². The largest absolute Gasteiger partial charge is 0.507 e. The van der Waals surface area contributed by atoms with Crippen molar-refractivity contribution in [2.45, 2.75) is 27.3 Å². The highest BCUT2D eigenvalue weighted by Crippen LogP contribution is 2.21. The van der Waals surface area contributed by atoms with Gasteiger partial charge in [0.1, 0.15) is 5.75 Å². The topological polar surface area (TPSA) is 61.4 Å². The Bertz CT molecular complexity index is 961. The van der Waals surface area contributed by atoms with E-state index in [4.69, 9.17) is 11.6 Å². The molecule has 0 saturated carbocycles. The van der Waals surface area contributed by atoms with Crippen molar-refractivity contribution in [2.75, 3.05) is 6.54 Å². The highest BCUT2D eigenvalue weighted by atomic mass is 35.5. The van der Waals surface area contributed by atoms with Crippen LogP contribution in [0.2, 0.25) is 5.02 Å². The number of aryl methyl sites for hydroxylation is 2. The second kappa shape index (κ2) is 10.6. The highest BCUT2D eigenvalue weighted by Gasteiger charge is 2.11. The van der Waals surface area contributed by atoms with Gasteiger partial charge in [-0.1, -0.05) is 59.7 Å². The first-order valence-corrected chi connectivity index (χ1v) is 9.73. The number of rotatable bonds is 8. The van der Waals surface area contributed by atoms with Crippen LogP contribution in [0.3, 0.4) is 0 Å². The molecule has 2 aromatic rings. The Morgan fingerprint density at radius 1 is 1.21 bits per heavy atom. The number of amides is 1. The Balaban J connectivity index is 1.83. The lowest BCUT2D eigenvalue weighted by Crippen LogP contribution is -2.21. The molecule has 4 nitrogen and oxygen atoms in total. The molecule has 0 saturated heterocycles. The van der Waals surface area contributed by atoms with Crippen LogP contribution in [-0.4, -0.2) is 17.6 Å². The van der Waals surface area contributed by atoms with Crippen LogP contribution in [0.5, 0.6) is 5.75 Å². The van der Waals surface area contributed by atoms with Gasteiger partial charge in [-0.2, -0.15) is 0 Å². The van der Waals surface area contributed by atoms with E-state index in [9.17, 15) is 9.90 Å². The van der Waals surface area contributed by atoms with Crippen molar-refractivity contribution in [2.24, 2.45) is 0 Å². The predicted octanol–water partition coefficient (Wildman–Crippen LogP) is 5.20. The summed E-state index contributed by atoms with van der Waals surface area (Å²) in [6.45, 7) is 11.6.